The Bertz CT molecular complexity index is 119. The van der Waals surface area contributed by atoms with E-state index in [2.05, 4.69) is 12.2 Å². The van der Waals surface area contributed by atoms with Crippen molar-refractivity contribution < 1.29 is 4.74 Å². The van der Waals surface area contributed by atoms with E-state index < -0.39 is 0 Å². The summed E-state index contributed by atoms with van der Waals surface area (Å²) in [5, 5.41) is 0. The van der Waals surface area contributed by atoms with Crippen LogP contribution in [0.25, 0.3) is 0 Å². The van der Waals surface area contributed by atoms with Crippen LogP contribution in [0, 0.1) is 0 Å². The molecule has 0 aromatic carbocycles. The largest absolute Gasteiger partial charge is 0.361 e. The van der Waals surface area contributed by atoms with E-state index >= 15 is 0 Å². The maximum absolute atomic E-state index is 5.10. The highest BCUT2D eigenvalue weighted by Crippen LogP contribution is 2.26. The second kappa shape index (κ2) is 0.984. The molecular weight excluding hydrogens is 88.1 g/mol. The molecule has 1 saturated heterocycles. The van der Waals surface area contributed by atoms with Crippen molar-refractivity contribution in [1.82, 2.24) is 0 Å². The highest BCUT2D eigenvalue weighted by Gasteiger charge is 2.34. The van der Waals surface area contributed by atoms with Crippen LogP contribution in [0.4, 0.5) is 0 Å². The predicted molar refractivity (Wildman–Crippen MR) is 26.9 cm³/mol. The molecule has 0 saturated carbocycles. The van der Waals surface area contributed by atoms with Gasteiger partial charge in [0.25, 0.3) is 0 Å². The van der Waals surface area contributed by atoms with E-state index in [-0.39, 0.29) is 0 Å². The topological polar surface area (TPSA) is 12.5 Å². The van der Waals surface area contributed by atoms with E-state index in [9.17, 15) is 0 Å². The zero-order valence-corrected chi connectivity index (χ0v) is 3.87. The number of allylic oxidation sites excluding steroid dienone is 2. The fraction of sp³-hybridized carbons (Fsp3) is 0.333. The molecule has 1 aliphatic heterocycles. The Morgan fingerprint density at radius 3 is 2.00 bits per heavy atom. The fourth-order valence-electron chi connectivity index (χ4n) is 0.793. The highest BCUT2D eigenvalue weighted by atomic mass is 16.6. The van der Waals surface area contributed by atoms with E-state index in [0.717, 1.165) is 0 Å². The molecule has 0 spiro atoms. The first-order valence-electron chi connectivity index (χ1n) is 2.47. The van der Waals surface area contributed by atoms with Gasteiger partial charge in [0.2, 0.25) is 0 Å². The molecular formula is C6H6O. The number of fused-ring (bicyclic) bond motifs is 1. The van der Waals surface area contributed by atoms with Crippen molar-refractivity contribution in [2.24, 2.45) is 0 Å². The molecule has 0 radical (unpaired) electrons. The van der Waals surface area contributed by atoms with Crippen molar-refractivity contribution in [1.29, 1.82) is 0 Å². The third-order valence-electron chi connectivity index (χ3n) is 1.27. The lowest BCUT2D eigenvalue weighted by atomic mass is 10.2. The standard InChI is InChI=1S/C6H6O/c1-2-4-6-5(3-1)7-6/h1-6H. The minimum atomic E-state index is 0.435. The van der Waals surface area contributed by atoms with Gasteiger partial charge in [0.1, 0.15) is 12.2 Å². The molecule has 1 heteroatoms. The van der Waals surface area contributed by atoms with Crippen molar-refractivity contribution in [2.45, 2.75) is 12.2 Å². The lowest BCUT2D eigenvalue weighted by Crippen LogP contribution is -1.86. The monoisotopic (exact) mass is 94.0 g/mol. The molecule has 0 aromatic rings. The van der Waals surface area contributed by atoms with E-state index in [1.807, 2.05) is 12.2 Å². The molecule has 1 fully saturated rings. The van der Waals surface area contributed by atoms with Gasteiger partial charge in [-0.25, -0.2) is 0 Å². The van der Waals surface area contributed by atoms with Gasteiger partial charge in [-0.1, -0.05) is 24.3 Å². The molecule has 1 aliphatic carbocycles. The van der Waals surface area contributed by atoms with Crippen LogP contribution < -0.4 is 0 Å². The molecule has 2 unspecified atom stereocenters. The van der Waals surface area contributed by atoms with Crippen LogP contribution in [-0.4, -0.2) is 12.2 Å². The molecule has 0 bridgehead atoms. The molecule has 36 valence electrons. The van der Waals surface area contributed by atoms with Crippen LogP contribution in [0.2, 0.25) is 0 Å². The normalized spacial score (nSPS) is 43.4. The Balaban J connectivity index is 2.28. The lowest BCUT2D eigenvalue weighted by molar-refractivity contribution is 0.414. The van der Waals surface area contributed by atoms with Gasteiger partial charge < -0.3 is 4.74 Å². The van der Waals surface area contributed by atoms with Gasteiger partial charge in [0.15, 0.2) is 0 Å². The van der Waals surface area contributed by atoms with Gasteiger partial charge in [0.05, 0.1) is 0 Å². The number of hydrogen-bond donors (Lipinski definition) is 0. The molecule has 0 amide bonds. The van der Waals surface area contributed by atoms with Crippen LogP contribution in [-0.2, 0) is 4.74 Å². The third-order valence-corrected chi connectivity index (χ3v) is 1.27. The second-order valence-corrected chi connectivity index (χ2v) is 1.84. The quantitative estimate of drug-likeness (QED) is 0.406. The Morgan fingerprint density at radius 2 is 1.57 bits per heavy atom. The minimum Gasteiger partial charge on any atom is -0.361 e. The summed E-state index contributed by atoms with van der Waals surface area (Å²) in [6.45, 7) is 0. The number of hydrogen-bond acceptors (Lipinski definition) is 1. The predicted octanol–water partition coefficient (Wildman–Crippen LogP) is 0.880. The van der Waals surface area contributed by atoms with Crippen LogP contribution in [0.1, 0.15) is 0 Å². The van der Waals surface area contributed by atoms with Crippen molar-refractivity contribution >= 4 is 0 Å². The van der Waals surface area contributed by atoms with Gasteiger partial charge in [0, 0.05) is 0 Å². The summed E-state index contributed by atoms with van der Waals surface area (Å²) in [5.41, 5.74) is 0. The smallest absolute Gasteiger partial charge is 0.107 e. The first kappa shape index (κ1) is 3.44. The van der Waals surface area contributed by atoms with Crippen LogP contribution >= 0.6 is 0 Å². The van der Waals surface area contributed by atoms with Crippen molar-refractivity contribution in [3.8, 4) is 0 Å². The number of rotatable bonds is 0. The first-order chi connectivity index (χ1) is 3.47. The number of epoxide rings is 1. The molecule has 1 nitrogen and oxygen atoms in total. The van der Waals surface area contributed by atoms with E-state index in [0.29, 0.717) is 12.2 Å². The highest BCUT2D eigenvalue weighted by molar-refractivity contribution is 5.22. The molecule has 1 heterocycles. The molecule has 0 N–H and O–H groups in total. The van der Waals surface area contributed by atoms with Gasteiger partial charge in [-0.15, -0.1) is 0 Å². The molecule has 2 atom stereocenters. The first-order valence-corrected chi connectivity index (χ1v) is 2.47. The van der Waals surface area contributed by atoms with Gasteiger partial charge in [-0.05, 0) is 0 Å². The zero-order valence-electron chi connectivity index (χ0n) is 3.87. The van der Waals surface area contributed by atoms with E-state index in [4.69, 9.17) is 4.74 Å². The van der Waals surface area contributed by atoms with Gasteiger partial charge in [-0.2, -0.15) is 0 Å². The van der Waals surface area contributed by atoms with E-state index in [1.165, 1.54) is 0 Å². The summed E-state index contributed by atoms with van der Waals surface area (Å²) >= 11 is 0. The zero-order chi connectivity index (χ0) is 4.69. The molecule has 0 aromatic heterocycles. The van der Waals surface area contributed by atoms with Crippen LogP contribution in [0.15, 0.2) is 24.3 Å². The van der Waals surface area contributed by atoms with Gasteiger partial charge >= 0.3 is 0 Å². The van der Waals surface area contributed by atoms with Crippen LogP contribution in [0.3, 0.4) is 0 Å². The SMILES string of the molecule is C1=CC2OC2C=C1. The number of ether oxygens (including phenoxy) is 1. The molecule has 7 heavy (non-hydrogen) atoms. The maximum atomic E-state index is 5.10. The summed E-state index contributed by atoms with van der Waals surface area (Å²) in [5.74, 6) is 0. The fourth-order valence-corrected chi connectivity index (χ4v) is 0.793. The maximum Gasteiger partial charge on any atom is 0.107 e. The van der Waals surface area contributed by atoms with Crippen molar-refractivity contribution in [3.63, 3.8) is 0 Å². The average molecular weight is 94.1 g/mol. The Hall–Kier alpha value is -0.560. The second-order valence-electron chi connectivity index (χ2n) is 1.84. The lowest BCUT2D eigenvalue weighted by Gasteiger charge is -1.81. The van der Waals surface area contributed by atoms with Crippen molar-refractivity contribution in [3.05, 3.63) is 24.3 Å². The summed E-state index contributed by atoms with van der Waals surface area (Å²) in [4.78, 5) is 0. The molecule has 2 rings (SSSR count). The minimum absolute atomic E-state index is 0.435. The summed E-state index contributed by atoms with van der Waals surface area (Å²) in [6, 6.07) is 0. The Labute approximate surface area is 42.3 Å². The molecule has 2 aliphatic rings. The van der Waals surface area contributed by atoms with Crippen LogP contribution in [0.5, 0.6) is 0 Å². The average Bonchev–Trinajstić information content (AvgIpc) is 2.41. The Kier molecular flexibility index (Phi) is 0.484. The van der Waals surface area contributed by atoms with E-state index in [1.54, 1.807) is 0 Å². The van der Waals surface area contributed by atoms with Gasteiger partial charge in [-0.3, -0.25) is 0 Å². The van der Waals surface area contributed by atoms with Crippen molar-refractivity contribution in [2.75, 3.05) is 0 Å². The summed E-state index contributed by atoms with van der Waals surface area (Å²) < 4.78 is 5.10. The Morgan fingerprint density at radius 1 is 1.00 bits per heavy atom. The summed E-state index contributed by atoms with van der Waals surface area (Å²) in [7, 11) is 0. The third kappa shape index (κ3) is 0.416. The summed E-state index contributed by atoms with van der Waals surface area (Å²) in [6.07, 6.45) is 9.06.